The molecular formula is C10H13Cl2N3. The molecule has 0 spiro atoms. The lowest BCUT2D eigenvalue weighted by Gasteiger charge is -2.40. The van der Waals surface area contributed by atoms with E-state index in [0.29, 0.717) is 22.1 Å². The maximum atomic E-state index is 6.07. The number of rotatable bonds is 2. The van der Waals surface area contributed by atoms with Crippen molar-refractivity contribution in [2.24, 2.45) is 5.73 Å². The van der Waals surface area contributed by atoms with E-state index in [4.69, 9.17) is 28.9 Å². The average Bonchev–Trinajstić information content (AvgIpc) is 2.12. The Morgan fingerprint density at radius 1 is 1.47 bits per heavy atom. The fourth-order valence-electron chi connectivity index (χ4n) is 1.79. The first-order valence-electron chi connectivity index (χ1n) is 4.87. The Labute approximate surface area is 99.2 Å². The summed E-state index contributed by atoms with van der Waals surface area (Å²) >= 11 is 11.9. The molecule has 1 aromatic heterocycles. The van der Waals surface area contributed by atoms with Crippen LogP contribution in [0.2, 0.25) is 10.0 Å². The quantitative estimate of drug-likeness (QED) is 0.870. The Morgan fingerprint density at radius 3 is 2.67 bits per heavy atom. The molecule has 1 fully saturated rings. The molecule has 15 heavy (non-hydrogen) atoms. The third-order valence-corrected chi connectivity index (χ3v) is 3.30. The molecule has 0 aliphatic heterocycles. The maximum Gasteiger partial charge on any atom is 0.147 e. The standard InChI is InChI=1S/C10H13Cl2N3/c1-15(8-3-7(13)4-8)10-9(12)2-6(11)5-14-10/h2,5,7-8H,3-4,13H2,1H3. The number of pyridine rings is 1. The second kappa shape index (κ2) is 4.16. The Hall–Kier alpha value is -0.510. The normalized spacial score (nSPS) is 24.8. The van der Waals surface area contributed by atoms with Gasteiger partial charge in [-0.15, -0.1) is 0 Å². The van der Waals surface area contributed by atoms with Crippen LogP contribution in [0.3, 0.4) is 0 Å². The summed E-state index contributed by atoms with van der Waals surface area (Å²) in [5, 5.41) is 1.15. The molecule has 0 radical (unpaired) electrons. The number of hydrogen-bond acceptors (Lipinski definition) is 3. The number of aromatic nitrogens is 1. The van der Waals surface area contributed by atoms with Gasteiger partial charge in [-0.1, -0.05) is 23.2 Å². The van der Waals surface area contributed by atoms with E-state index in [1.54, 1.807) is 12.3 Å². The van der Waals surface area contributed by atoms with Crippen LogP contribution in [0.5, 0.6) is 0 Å². The third-order valence-electron chi connectivity index (χ3n) is 2.82. The van der Waals surface area contributed by atoms with Crippen LogP contribution < -0.4 is 10.6 Å². The fraction of sp³-hybridized carbons (Fsp3) is 0.500. The minimum Gasteiger partial charge on any atom is -0.355 e. The SMILES string of the molecule is CN(c1ncc(Cl)cc1Cl)C1CC(N)C1. The minimum atomic E-state index is 0.323. The van der Waals surface area contributed by atoms with Gasteiger partial charge in [-0.3, -0.25) is 0 Å². The minimum absolute atomic E-state index is 0.323. The lowest BCUT2D eigenvalue weighted by Crippen LogP contribution is -2.49. The van der Waals surface area contributed by atoms with Gasteiger partial charge in [0.1, 0.15) is 5.82 Å². The van der Waals surface area contributed by atoms with Crippen LogP contribution in [0.25, 0.3) is 0 Å². The molecule has 82 valence electrons. The first kappa shape index (κ1) is 11.0. The van der Waals surface area contributed by atoms with Crippen molar-refractivity contribution in [3.05, 3.63) is 22.3 Å². The van der Waals surface area contributed by atoms with E-state index in [1.807, 2.05) is 7.05 Å². The molecule has 2 rings (SSSR count). The Kier molecular flexibility index (Phi) is 3.05. The van der Waals surface area contributed by atoms with Gasteiger partial charge >= 0.3 is 0 Å². The predicted octanol–water partition coefficient (Wildman–Crippen LogP) is 2.31. The molecule has 0 unspecified atom stereocenters. The molecule has 1 aliphatic rings. The van der Waals surface area contributed by atoms with Crippen LogP contribution in [0.15, 0.2) is 12.3 Å². The van der Waals surface area contributed by atoms with Gasteiger partial charge in [0.05, 0.1) is 10.0 Å². The van der Waals surface area contributed by atoms with E-state index in [-0.39, 0.29) is 0 Å². The van der Waals surface area contributed by atoms with E-state index < -0.39 is 0 Å². The summed E-state index contributed by atoms with van der Waals surface area (Å²) in [5.74, 6) is 0.776. The van der Waals surface area contributed by atoms with Crippen molar-refractivity contribution in [3.63, 3.8) is 0 Å². The number of anilines is 1. The van der Waals surface area contributed by atoms with Crippen LogP contribution in [-0.4, -0.2) is 24.1 Å². The van der Waals surface area contributed by atoms with Gasteiger partial charge in [0, 0.05) is 25.3 Å². The van der Waals surface area contributed by atoms with Crippen LogP contribution >= 0.6 is 23.2 Å². The molecule has 0 aromatic carbocycles. The van der Waals surface area contributed by atoms with Gasteiger partial charge in [0.2, 0.25) is 0 Å². The van der Waals surface area contributed by atoms with Crippen molar-refractivity contribution in [1.29, 1.82) is 0 Å². The van der Waals surface area contributed by atoms with Crippen LogP contribution in [0, 0.1) is 0 Å². The van der Waals surface area contributed by atoms with Gasteiger partial charge in [-0.05, 0) is 18.9 Å². The van der Waals surface area contributed by atoms with Crippen LogP contribution in [-0.2, 0) is 0 Å². The second-order valence-electron chi connectivity index (χ2n) is 3.96. The van der Waals surface area contributed by atoms with E-state index in [2.05, 4.69) is 9.88 Å². The third kappa shape index (κ3) is 2.19. The van der Waals surface area contributed by atoms with Crippen LogP contribution in [0.4, 0.5) is 5.82 Å². The van der Waals surface area contributed by atoms with Gasteiger partial charge in [-0.25, -0.2) is 4.98 Å². The average molecular weight is 246 g/mol. The second-order valence-corrected chi connectivity index (χ2v) is 4.80. The molecule has 2 N–H and O–H groups in total. The Bertz CT molecular complexity index is 364. The number of nitrogens with two attached hydrogens (primary N) is 1. The van der Waals surface area contributed by atoms with Crippen molar-refractivity contribution < 1.29 is 0 Å². The number of nitrogens with zero attached hydrogens (tertiary/aromatic N) is 2. The summed E-state index contributed by atoms with van der Waals surface area (Å²) in [6.45, 7) is 0. The molecule has 0 amide bonds. The highest BCUT2D eigenvalue weighted by Crippen LogP contribution is 2.31. The first-order valence-corrected chi connectivity index (χ1v) is 5.63. The summed E-state index contributed by atoms with van der Waals surface area (Å²) < 4.78 is 0. The smallest absolute Gasteiger partial charge is 0.147 e. The monoisotopic (exact) mass is 245 g/mol. The summed E-state index contributed by atoms with van der Waals surface area (Å²) in [5.41, 5.74) is 5.75. The largest absolute Gasteiger partial charge is 0.355 e. The zero-order valence-corrected chi connectivity index (χ0v) is 9.96. The maximum absolute atomic E-state index is 6.07. The molecule has 1 heterocycles. The molecule has 1 aromatic rings. The van der Waals surface area contributed by atoms with E-state index in [0.717, 1.165) is 18.7 Å². The highest BCUT2D eigenvalue weighted by molar-refractivity contribution is 6.36. The number of hydrogen-bond donors (Lipinski definition) is 1. The van der Waals surface area contributed by atoms with Crippen molar-refractivity contribution in [1.82, 2.24) is 4.98 Å². The van der Waals surface area contributed by atoms with Crippen molar-refractivity contribution in [2.75, 3.05) is 11.9 Å². The molecule has 1 aliphatic carbocycles. The molecule has 5 heteroatoms. The number of halogens is 2. The summed E-state index contributed by atoms with van der Waals surface area (Å²) in [6.07, 6.45) is 3.60. The Balaban J connectivity index is 2.15. The zero-order chi connectivity index (χ0) is 11.0. The van der Waals surface area contributed by atoms with Crippen molar-refractivity contribution in [3.8, 4) is 0 Å². The summed E-state index contributed by atoms with van der Waals surface area (Å²) in [6, 6.07) is 2.48. The molecule has 0 bridgehead atoms. The molecule has 0 saturated heterocycles. The lowest BCUT2D eigenvalue weighted by atomic mass is 9.86. The van der Waals surface area contributed by atoms with E-state index >= 15 is 0 Å². The molecule has 1 saturated carbocycles. The highest BCUT2D eigenvalue weighted by atomic mass is 35.5. The van der Waals surface area contributed by atoms with Crippen LogP contribution in [0.1, 0.15) is 12.8 Å². The van der Waals surface area contributed by atoms with E-state index in [1.165, 1.54) is 0 Å². The topological polar surface area (TPSA) is 42.2 Å². The van der Waals surface area contributed by atoms with Gasteiger partial charge < -0.3 is 10.6 Å². The van der Waals surface area contributed by atoms with E-state index in [9.17, 15) is 0 Å². The van der Waals surface area contributed by atoms with Crippen molar-refractivity contribution >= 4 is 29.0 Å². The van der Waals surface area contributed by atoms with Gasteiger partial charge in [0.15, 0.2) is 0 Å². The summed E-state index contributed by atoms with van der Waals surface area (Å²) in [7, 11) is 1.98. The predicted molar refractivity (Wildman–Crippen MR) is 63.7 cm³/mol. The molecule has 0 atom stereocenters. The zero-order valence-electron chi connectivity index (χ0n) is 8.45. The summed E-state index contributed by atoms with van der Waals surface area (Å²) in [4.78, 5) is 6.30. The molecule has 3 nitrogen and oxygen atoms in total. The van der Waals surface area contributed by atoms with Crippen molar-refractivity contribution in [2.45, 2.75) is 24.9 Å². The van der Waals surface area contributed by atoms with Gasteiger partial charge in [0.25, 0.3) is 0 Å². The molecular weight excluding hydrogens is 233 g/mol. The highest BCUT2D eigenvalue weighted by Gasteiger charge is 2.30. The lowest BCUT2D eigenvalue weighted by molar-refractivity contribution is 0.339. The van der Waals surface area contributed by atoms with Gasteiger partial charge in [-0.2, -0.15) is 0 Å². The Morgan fingerprint density at radius 2 is 2.13 bits per heavy atom. The first-order chi connectivity index (χ1) is 7.08. The fourth-order valence-corrected chi connectivity index (χ4v) is 2.30.